The van der Waals surface area contributed by atoms with Crippen LogP contribution in [-0.4, -0.2) is 49.1 Å². The quantitative estimate of drug-likeness (QED) is 0.790. The van der Waals surface area contributed by atoms with E-state index in [0.717, 1.165) is 26.1 Å². The van der Waals surface area contributed by atoms with Crippen LogP contribution in [0.2, 0.25) is 0 Å². The summed E-state index contributed by atoms with van der Waals surface area (Å²) in [5, 5.41) is 6.51. The number of nitrogens with one attached hydrogen (secondary N) is 2. The molecule has 2 saturated heterocycles. The SMILES string of the molecule is CC(C)N1CCCC(CNC(=O)CC2CCCN2)C1. The Labute approximate surface area is 117 Å². The Hall–Kier alpha value is -0.610. The van der Waals surface area contributed by atoms with Crippen molar-refractivity contribution in [1.82, 2.24) is 15.5 Å². The van der Waals surface area contributed by atoms with Crippen LogP contribution in [0.3, 0.4) is 0 Å². The highest BCUT2D eigenvalue weighted by Crippen LogP contribution is 2.17. The van der Waals surface area contributed by atoms with Gasteiger partial charge in [-0.2, -0.15) is 0 Å². The Morgan fingerprint density at radius 2 is 2.21 bits per heavy atom. The minimum atomic E-state index is 0.223. The predicted octanol–water partition coefficient (Wildman–Crippen LogP) is 1.37. The first kappa shape index (κ1) is 14.8. The van der Waals surface area contributed by atoms with Gasteiger partial charge in [-0.1, -0.05) is 0 Å². The smallest absolute Gasteiger partial charge is 0.221 e. The van der Waals surface area contributed by atoms with E-state index >= 15 is 0 Å². The molecule has 2 fully saturated rings. The van der Waals surface area contributed by atoms with E-state index in [0.29, 0.717) is 24.4 Å². The van der Waals surface area contributed by atoms with Crippen LogP contribution >= 0.6 is 0 Å². The molecule has 19 heavy (non-hydrogen) atoms. The third kappa shape index (κ3) is 4.77. The summed E-state index contributed by atoms with van der Waals surface area (Å²) in [5.41, 5.74) is 0. The lowest BCUT2D eigenvalue weighted by atomic mass is 9.97. The first-order valence-corrected chi connectivity index (χ1v) is 7.89. The molecule has 0 bridgehead atoms. The van der Waals surface area contributed by atoms with E-state index in [1.807, 2.05) is 0 Å². The Kier molecular flexibility index (Phi) is 5.64. The van der Waals surface area contributed by atoms with Gasteiger partial charge in [-0.25, -0.2) is 0 Å². The summed E-state index contributed by atoms with van der Waals surface area (Å²) < 4.78 is 0. The van der Waals surface area contributed by atoms with E-state index in [2.05, 4.69) is 29.4 Å². The fourth-order valence-electron chi connectivity index (χ4n) is 3.22. The number of likely N-dealkylation sites (tertiary alicyclic amines) is 1. The molecular weight excluding hydrogens is 238 g/mol. The number of carbonyl (C=O) groups excluding carboxylic acids is 1. The lowest BCUT2D eigenvalue weighted by Crippen LogP contribution is -2.44. The Bertz CT molecular complexity index is 287. The average molecular weight is 267 g/mol. The zero-order valence-corrected chi connectivity index (χ0v) is 12.5. The number of nitrogens with zero attached hydrogens (tertiary/aromatic N) is 1. The molecule has 0 aromatic rings. The van der Waals surface area contributed by atoms with Crippen LogP contribution in [0.4, 0.5) is 0 Å². The van der Waals surface area contributed by atoms with Gasteiger partial charge >= 0.3 is 0 Å². The molecule has 0 spiro atoms. The number of piperidine rings is 1. The fourth-order valence-corrected chi connectivity index (χ4v) is 3.22. The summed E-state index contributed by atoms with van der Waals surface area (Å²) in [4.78, 5) is 14.4. The second-order valence-electron chi connectivity index (χ2n) is 6.40. The van der Waals surface area contributed by atoms with Gasteiger partial charge in [0.15, 0.2) is 0 Å². The molecule has 2 aliphatic rings. The molecule has 0 radical (unpaired) electrons. The van der Waals surface area contributed by atoms with Gasteiger partial charge < -0.3 is 15.5 Å². The molecular formula is C15H29N3O. The molecule has 2 unspecified atom stereocenters. The van der Waals surface area contributed by atoms with Crippen molar-refractivity contribution in [1.29, 1.82) is 0 Å². The monoisotopic (exact) mass is 267 g/mol. The van der Waals surface area contributed by atoms with E-state index in [1.54, 1.807) is 0 Å². The normalized spacial score (nSPS) is 28.8. The van der Waals surface area contributed by atoms with Crippen molar-refractivity contribution in [2.45, 2.75) is 58.0 Å². The van der Waals surface area contributed by atoms with Crippen LogP contribution in [0.5, 0.6) is 0 Å². The van der Waals surface area contributed by atoms with Crippen LogP contribution in [0, 0.1) is 5.92 Å². The molecule has 4 nitrogen and oxygen atoms in total. The number of amides is 1. The Morgan fingerprint density at radius 3 is 2.89 bits per heavy atom. The van der Waals surface area contributed by atoms with E-state index in [9.17, 15) is 4.79 Å². The van der Waals surface area contributed by atoms with Crippen LogP contribution in [0.1, 0.15) is 46.0 Å². The maximum absolute atomic E-state index is 11.9. The molecule has 2 heterocycles. The molecule has 0 aromatic carbocycles. The topological polar surface area (TPSA) is 44.4 Å². The zero-order valence-electron chi connectivity index (χ0n) is 12.5. The van der Waals surface area contributed by atoms with Gasteiger partial charge in [0, 0.05) is 31.6 Å². The molecule has 0 aromatic heterocycles. The molecule has 4 heteroatoms. The van der Waals surface area contributed by atoms with Crippen LogP contribution in [0.25, 0.3) is 0 Å². The van der Waals surface area contributed by atoms with Crippen LogP contribution < -0.4 is 10.6 Å². The lowest BCUT2D eigenvalue weighted by molar-refractivity contribution is -0.121. The number of rotatable bonds is 5. The molecule has 110 valence electrons. The minimum absolute atomic E-state index is 0.223. The van der Waals surface area contributed by atoms with Crippen LogP contribution in [-0.2, 0) is 4.79 Å². The molecule has 0 saturated carbocycles. The van der Waals surface area contributed by atoms with Gasteiger partial charge in [-0.3, -0.25) is 4.79 Å². The highest BCUT2D eigenvalue weighted by Gasteiger charge is 2.23. The van der Waals surface area contributed by atoms with Gasteiger partial charge in [0.25, 0.3) is 0 Å². The molecule has 0 aliphatic carbocycles. The molecule has 2 N–H and O–H groups in total. The van der Waals surface area contributed by atoms with Crippen molar-refractivity contribution < 1.29 is 4.79 Å². The van der Waals surface area contributed by atoms with Gasteiger partial charge in [0.05, 0.1) is 0 Å². The van der Waals surface area contributed by atoms with Crippen molar-refractivity contribution in [3.8, 4) is 0 Å². The number of carbonyl (C=O) groups is 1. The second kappa shape index (κ2) is 7.25. The van der Waals surface area contributed by atoms with Crippen molar-refractivity contribution in [2.75, 3.05) is 26.2 Å². The number of hydrogen-bond acceptors (Lipinski definition) is 3. The van der Waals surface area contributed by atoms with Gasteiger partial charge in [0.1, 0.15) is 0 Å². The third-order valence-corrected chi connectivity index (χ3v) is 4.46. The van der Waals surface area contributed by atoms with Crippen molar-refractivity contribution >= 4 is 5.91 Å². The Morgan fingerprint density at radius 1 is 1.37 bits per heavy atom. The van der Waals surface area contributed by atoms with Crippen molar-refractivity contribution in [3.05, 3.63) is 0 Å². The third-order valence-electron chi connectivity index (χ3n) is 4.46. The second-order valence-corrected chi connectivity index (χ2v) is 6.40. The lowest BCUT2D eigenvalue weighted by Gasteiger charge is -2.35. The zero-order chi connectivity index (χ0) is 13.7. The first-order chi connectivity index (χ1) is 9.15. The Balaban J connectivity index is 1.65. The number of hydrogen-bond donors (Lipinski definition) is 2. The summed E-state index contributed by atoms with van der Waals surface area (Å²) in [6.45, 7) is 8.80. The standard InChI is InChI=1S/C15H29N3O/c1-12(2)18-8-4-5-13(11-18)10-17-15(19)9-14-6-3-7-16-14/h12-14,16H,3-11H2,1-2H3,(H,17,19). The minimum Gasteiger partial charge on any atom is -0.356 e. The molecule has 2 aliphatic heterocycles. The van der Waals surface area contributed by atoms with Gasteiger partial charge in [-0.05, 0) is 58.5 Å². The molecule has 1 amide bonds. The van der Waals surface area contributed by atoms with Crippen molar-refractivity contribution in [3.63, 3.8) is 0 Å². The van der Waals surface area contributed by atoms with Crippen molar-refractivity contribution in [2.24, 2.45) is 5.92 Å². The van der Waals surface area contributed by atoms with E-state index < -0.39 is 0 Å². The predicted molar refractivity (Wildman–Crippen MR) is 78.1 cm³/mol. The maximum Gasteiger partial charge on any atom is 0.221 e. The summed E-state index contributed by atoms with van der Waals surface area (Å²) in [6.07, 6.45) is 5.54. The largest absolute Gasteiger partial charge is 0.356 e. The molecule has 2 rings (SSSR count). The summed E-state index contributed by atoms with van der Waals surface area (Å²) in [6, 6.07) is 1.04. The highest BCUT2D eigenvalue weighted by molar-refractivity contribution is 5.76. The van der Waals surface area contributed by atoms with Gasteiger partial charge in [-0.15, -0.1) is 0 Å². The van der Waals surface area contributed by atoms with E-state index in [1.165, 1.54) is 25.8 Å². The average Bonchev–Trinajstić information content (AvgIpc) is 2.89. The molecule has 2 atom stereocenters. The van der Waals surface area contributed by atoms with Gasteiger partial charge in [0.2, 0.25) is 5.91 Å². The fraction of sp³-hybridized carbons (Fsp3) is 0.933. The maximum atomic E-state index is 11.9. The highest BCUT2D eigenvalue weighted by atomic mass is 16.1. The van der Waals surface area contributed by atoms with E-state index in [4.69, 9.17) is 0 Å². The summed E-state index contributed by atoms with van der Waals surface area (Å²) >= 11 is 0. The first-order valence-electron chi connectivity index (χ1n) is 7.89. The summed E-state index contributed by atoms with van der Waals surface area (Å²) in [5.74, 6) is 0.859. The summed E-state index contributed by atoms with van der Waals surface area (Å²) in [7, 11) is 0. The van der Waals surface area contributed by atoms with Crippen LogP contribution in [0.15, 0.2) is 0 Å². The van der Waals surface area contributed by atoms with E-state index in [-0.39, 0.29) is 5.91 Å².